The van der Waals surface area contributed by atoms with Gasteiger partial charge in [-0.25, -0.2) is 4.39 Å². The van der Waals surface area contributed by atoms with Crippen molar-refractivity contribution in [1.29, 1.82) is 0 Å². The van der Waals surface area contributed by atoms with Gasteiger partial charge >= 0.3 is 0 Å². The first-order valence-electron chi connectivity index (χ1n) is 6.94. The molecule has 1 aliphatic heterocycles. The molecule has 0 bridgehead atoms. The van der Waals surface area contributed by atoms with Crippen molar-refractivity contribution in [2.75, 3.05) is 19.8 Å². The predicted octanol–water partition coefficient (Wildman–Crippen LogP) is 3.40. The van der Waals surface area contributed by atoms with E-state index in [1.165, 1.54) is 17.7 Å². The standard InChI is InChI=1S/C17H18FNO/c18-16-8-6-15(7-9-16)17-13-20-11-10-19(17)12-14-4-2-1-3-5-14/h1-9,17H,10-13H2. The molecule has 0 saturated carbocycles. The molecule has 0 radical (unpaired) electrons. The van der Waals surface area contributed by atoms with E-state index in [1.807, 2.05) is 18.2 Å². The maximum absolute atomic E-state index is 13.1. The minimum atomic E-state index is -0.194. The van der Waals surface area contributed by atoms with Crippen molar-refractivity contribution >= 4 is 0 Å². The van der Waals surface area contributed by atoms with Crippen molar-refractivity contribution in [3.05, 3.63) is 71.5 Å². The fourth-order valence-electron chi connectivity index (χ4n) is 2.64. The van der Waals surface area contributed by atoms with Crippen LogP contribution in [0.2, 0.25) is 0 Å². The van der Waals surface area contributed by atoms with Crippen LogP contribution < -0.4 is 0 Å². The smallest absolute Gasteiger partial charge is 0.123 e. The lowest BCUT2D eigenvalue weighted by Crippen LogP contribution is -2.38. The minimum absolute atomic E-state index is 0.194. The van der Waals surface area contributed by atoms with E-state index in [0.717, 1.165) is 25.3 Å². The summed E-state index contributed by atoms with van der Waals surface area (Å²) in [6, 6.07) is 17.4. The number of rotatable bonds is 3. The molecule has 0 amide bonds. The molecule has 3 heteroatoms. The molecule has 2 nitrogen and oxygen atoms in total. The summed E-state index contributed by atoms with van der Waals surface area (Å²) in [5, 5.41) is 0. The molecule has 1 unspecified atom stereocenters. The molecule has 0 spiro atoms. The van der Waals surface area contributed by atoms with E-state index < -0.39 is 0 Å². The topological polar surface area (TPSA) is 12.5 Å². The summed E-state index contributed by atoms with van der Waals surface area (Å²) in [7, 11) is 0. The highest BCUT2D eigenvalue weighted by atomic mass is 19.1. The second-order valence-corrected chi connectivity index (χ2v) is 5.10. The number of morpholine rings is 1. The highest BCUT2D eigenvalue weighted by Gasteiger charge is 2.24. The van der Waals surface area contributed by atoms with Crippen LogP contribution in [0.15, 0.2) is 54.6 Å². The molecule has 0 aliphatic carbocycles. The first kappa shape index (κ1) is 13.3. The molecule has 3 rings (SSSR count). The van der Waals surface area contributed by atoms with E-state index in [0.29, 0.717) is 6.61 Å². The van der Waals surface area contributed by atoms with Gasteiger partial charge in [-0.2, -0.15) is 0 Å². The zero-order valence-corrected chi connectivity index (χ0v) is 11.3. The van der Waals surface area contributed by atoms with E-state index >= 15 is 0 Å². The zero-order valence-electron chi connectivity index (χ0n) is 11.3. The average Bonchev–Trinajstić information content (AvgIpc) is 2.50. The van der Waals surface area contributed by atoms with Crippen molar-refractivity contribution in [1.82, 2.24) is 4.90 Å². The van der Waals surface area contributed by atoms with E-state index in [-0.39, 0.29) is 11.9 Å². The molecule has 2 aromatic rings. The van der Waals surface area contributed by atoms with E-state index in [1.54, 1.807) is 0 Å². The summed E-state index contributed by atoms with van der Waals surface area (Å²) in [6.45, 7) is 3.21. The Morgan fingerprint density at radius 3 is 2.55 bits per heavy atom. The summed E-state index contributed by atoms with van der Waals surface area (Å²) in [6.07, 6.45) is 0. The lowest BCUT2D eigenvalue weighted by Gasteiger charge is -2.36. The van der Waals surface area contributed by atoms with Crippen LogP contribution in [0, 0.1) is 5.82 Å². The molecule has 1 saturated heterocycles. The number of hydrogen-bond acceptors (Lipinski definition) is 2. The largest absolute Gasteiger partial charge is 0.378 e. The molecule has 20 heavy (non-hydrogen) atoms. The second kappa shape index (κ2) is 6.16. The zero-order chi connectivity index (χ0) is 13.8. The first-order valence-corrected chi connectivity index (χ1v) is 6.94. The van der Waals surface area contributed by atoms with Gasteiger partial charge in [-0.15, -0.1) is 0 Å². The van der Waals surface area contributed by atoms with Crippen LogP contribution >= 0.6 is 0 Å². The summed E-state index contributed by atoms with van der Waals surface area (Å²) >= 11 is 0. The SMILES string of the molecule is Fc1ccc(C2COCCN2Cc2ccccc2)cc1. The van der Waals surface area contributed by atoms with Crippen LogP contribution in [0.3, 0.4) is 0 Å². The maximum atomic E-state index is 13.1. The number of nitrogens with zero attached hydrogens (tertiary/aromatic N) is 1. The van der Waals surface area contributed by atoms with Gasteiger partial charge in [0.1, 0.15) is 5.82 Å². The van der Waals surface area contributed by atoms with Gasteiger partial charge < -0.3 is 4.74 Å². The second-order valence-electron chi connectivity index (χ2n) is 5.10. The molecule has 0 N–H and O–H groups in total. The molecule has 2 aromatic carbocycles. The third kappa shape index (κ3) is 3.06. The van der Waals surface area contributed by atoms with Crippen LogP contribution in [-0.4, -0.2) is 24.7 Å². The first-order chi connectivity index (χ1) is 9.83. The Bertz CT molecular complexity index is 541. The quantitative estimate of drug-likeness (QED) is 0.848. The highest BCUT2D eigenvalue weighted by Crippen LogP contribution is 2.26. The fraction of sp³-hybridized carbons (Fsp3) is 0.294. The molecule has 1 fully saturated rings. The summed E-state index contributed by atoms with van der Waals surface area (Å²) in [4.78, 5) is 2.39. The van der Waals surface area contributed by atoms with Crippen molar-refractivity contribution in [3.63, 3.8) is 0 Å². The molecule has 0 aromatic heterocycles. The highest BCUT2D eigenvalue weighted by molar-refractivity contribution is 5.22. The maximum Gasteiger partial charge on any atom is 0.123 e. The summed E-state index contributed by atoms with van der Waals surface area (Å²) in [5.41, 5.74) is 2.41. The van der Waals surface area contributed by atoms with Crippen molar-refractivity contribution in [2.24, 2.45) is 0 Å². The summed E-state index contributed by atoms with van der Waals surface area (Å²) < 4.78 is 18.7. The van der Waals surface area contributed by atoms with Crippen LogP contribution in [0.25, 0.3) is 0 Å². The minimum Gasteiger partial charge on any atom is -0.378 e. The average molecular weight is 271 g/mol. The molecule has 1 atom stereocenters. The normalized spacial score (nSPS) is 19.9. The van der Waals surface area contributed by atoms with Crippen LogP contribution in [0.1, 0.15) is 17.2 Å². The lowest BCUT2D eigenvalue weighted by molar-refractivity contribution is -0.0127. The van der Waals surface area contributed by atoms with Crippen molar-refractivity contribution in [3.8, 4) is 0 Å². The number of benzene rings is 2. The van der Waals surface area contributed by atoms with Crippen molar-refractivity contribution in [2.45, 2.75) is 12.6 Å². The van der Waals surface area contributed by atoms with Gasteiger partial charge in [0.15, 0.2) is 0 Å². The molecule has 1 heterocycles. The van der Waals surface area contributed by atoms with Gasteiger partial charge in [-0.3, -0.25) is 4.90 Å². The van der Waals surface area contributed by atoms with E-state index in [9.17, 15) is 4.39 Å². The van der Waals surface area contributed by atoms with Crippen molar-refractivity contribution < 1.29 is 9.13 Å². The Morgan fingerprint density at radius 2 is 1.80 bits per heavy atom. The van der Waals surface area contributed by atoms with Gasteiger partial charge in [0.2, 0.25) is 0 Å². The lowest BCUT2D eigenvalue weighted by atomic mass is 10.0. The molecular weight excluding hydrogens is 253 g/mol. The van der Waals surface area contributed by atoms with Crippen LogP contribution in [0.4, 0.5) is 4.39 Å². The Kier molecular flexibility index (Phi) is 4.09. The molecule has 104 valence electrons. The van der Waals surface area contributed by atoms with E-state index in [4.69, 9.17) is 4.74 Å². The number of ether oxygens (including phenoxy) is 1. The van der Waals surface area contributed by atoms with Crippen LogP contribution in [0.5, 0.6) is 0 Å². The van der Waals surface area contributed by atoms with Gasteiger partial charge in [0.05, 0.1) is 19.3 Å². The van der Waals surface area contributed by atoms with Gasteiger partial charge in [0.25, 0.3) is 0 Å². The van der Waals surface area contributed by atoms with Gasteiger partial charge in [-0.1, -0.05) is 42.5 Å². The Balaban J connectivity index is 1.78. The predicted molar refractivity (Wildman–Crippen MR) is 76.8 cm³/mol. The number of hydrogen-bond donors (Lipinski definition) is 0. The third-order valence-electron chi connectivity index (χ3n) is 3.72. The van der Waals surface area contributed by atoms with Gasteiger partial charge in [0, 0.05) is 13.1 Å². The monoisotopic (exact) mass is 271 g/mol. The fourth-order valence-corrected chi connectivity index (χ4v) is 2.64. The number of halogens is 1. The Labute approximate surface area is 118 Å². The summed E-state index contributed by atoms with van der Waals surface area (Å²) in [5.74, 6) is -0.194. The Hall–Kier alpha value is -1.71. The van der Waals surface area contributed by atoms with E-state index in [2.05, 4.69) is 29.2 Å². The molecular formula is C17H18FNO. The third-order valence-corrected chi connectivity index (χ3v) is 3.72. The van der Waals surface area contributed by atoms with Crippen LogP contribution in [-0.2, 0) is 11.3 Å². The Morgan fingerprint density at radius 1 is 1.05 bits per heavy atom. The van der Waals surface area contributed by atoms with Gasteiger partial charge in [-0.05, 0) is 23.3 Å². The molecule has 1 aliphatic rings.